The van der Waals surface area contributed by atoms with E-state index in [0.29, 0.717) is 37.2 Å². The van der Waals surface area contributed by atoms with Gasteiger partial charge in [-0.1, -0.05) is 12.1 Å². The number of aromatic nitrogens is 2. The van der Waals surface area contributed by atoms with Crippen LogP contribution >= 0.6 is 11.8 Å². The van der Waals surface area contributed by atoms with Gasteiger partial charge in [-0.15, -0.1) is 11.8 Å². The Morgan fingerprint density at radius 1 is 1.28 bits per heavy atom. The van der Waals surface area contributed by atoms with E-state index in [1.54, 1.807) is 34.8 Å². The van der Waals surface area contributed by atoms with Crippen molar-refractivity contribution >= 4 is 29.3 Å². The fourth-order valence-electron chi connectivity index (χ4n) is 3.26. The molecule has 0 unspecified atom stereocenters. The van der Waals surface area contributed by atoms with Gasteiger partial charge in [0.1, 0.15) is 0 Å². The molecular formula is C21H25N5O2S. The Hall–Kier alpha value is -2.79. The van der Waals surface area contributed by atoms with Gasteiger partial charge in [0.15, 0.2) is 0 Å². The Kier molecular flexibility index (Phi) is 7.30. The topological polar surface area (TPSA) is 91.0 Å². The highest BCUT2D eigenvalue weighted by atomic mass is 32.2. The van der Waals surface area contributed by atoms with Gasteiger partial charge < -0.3 is 10.2 Å². The predicted molar refractivity (Wildman–Crippen MR) is 113 cm³/mol. The number of nitriles is 1. The number of carbonyl (C=O) groups is 2. The molecule has 1 aromatic carbocycles. The molecule has 0 aliphatic carbocycles. The van der Waals surface area contributed by atoms with E-state index in [-0.39, 0.29) is 17.7 Å². The van der Waals surface area contributed by atoms with E-state index in [4.69, 9.17) is 5.26 Å². The third-order valence-electron chi connectivity index (χ3n) is 5.02. The summed E-state index contributed by atoms with van der Waals surface area (Å²) in [5.41, 5.74) is 2.46. The van der Waals surface area contributed by atoms with Gasteiger partial charge in [-0.2, -0.15) is 10.4 Å². The largest absolute Gasteiger partial charge is 0.342 e. The zero-order valence-corrected chi connectivity index (χ0v) is 17.3. The van der Waals surface area contributed by atoms with Crippen LogP contribution in [0.15, 0.2) is 36.7 Å². The van der Waals surface area contributed by atoms with Gasteiger partial charge in [-0.05, 0) is 37.5 Å². The Morgan fingerprint density at radius 3 is 2.62 bits per heavy atom. The van der Waals surface area contributed by atoms with Gasteiger partial charge in [0.25, 0.3) is 0 Å². The highest BCUT2D eigenvalue weighted by molar-refractivity contribution is 7.99. The van der Waals surface area contributed by atoms with E-state index in [2.05, 4.69) is 16.5 Å². The summed E-state index contributed by atoms with van der Waals surface area (Å²) in [6.45, 7) is 3.98. The summed E-state index contributed by atoms with van der Waals surface area (Å²) in [6.07, 6.45) is 4.84. The second kappa shape index (κ2) is 10.1. The summed E-state index contributed by atoms with van der Waals surface area (Å²) in [6, 6.07) is 9.53. The Bertz CT molecular complexity index is 879. The van der Waals surface area contributed by atoms with Crippen LogP contribution in [0.3, 0.4) is 0 Å². The van der Waals surface area contributed by atoms with E-state index in [1.165, 1.54) is 0 Å². The molecule has 1 aliphatic rings. The molecule has 0 spiro atoms. The molecule has 1 aromatic heterocycles. The third-order valence-corrected chi connectivity index (χ3v) is 6.01. The zero-order valence-electron chi connectivity index (χ0n) is 16.5. The van der Waals surface area contributed by atoms with E-state index < -0.39 is 0 Å². The van der Waals surface area contributed by atoms with Crippen molar-refractivity contribution in [2.24, 2.45) is 5.92 Å². The molecular weight excluding hydrogens is 386 g/mol. The number of nitrogens with zero attached hydrogens (tertiary/aromatic N) is 4. The average molecular weight is 412 g/mol. The number of anilines is 1. The number of benzene rings is 1. The maximum absolute atomic E-state index is 12.4. The molecule has 0 bridgehead atoms. The van der Waals surface area contributed by atoms with Crippen molar-refractivity contribution in [3.05, 3.63) is 47.8 Å². The average Bonchev–Trinajstić information content (AvgIpc) is 3.21. The monoisotopic (exact) mass is 411 g/mol. The minimum absolute atomic E-state index is 0.00272. The van der Waals surface area contributed by atoms with Crippen LogP contribution in [0, 0.1) is 17.2 Å². The molecule has 0 saturated carbocycles. The van der Waals surface area contributed by atoms with Crippen molar-refractivity contribution in [1.82, 2.24) is 14.7 Å². The van der Waals surface area contributed by atoms with Crippen molar-refractivity contribution in [1.29, 1.82) is 5.26 Å². The lowest BCUT2D eigenvalue weighted by molar-refractivity contribution is -0.132. The van der Waals surface area contributed by atoms with Crippen molar-refractivity contribution in [3.8, 4) is 6.07 Å². The minimum atomic E-state index is -0.0738. The lowest BCUT2D eigenvalue weighted by atomic mass is 9.96. The van der Waals surface area contributed by atoms with Crippen LogP contribution in [0.2, 0.25) is 0 Å². The molecule has 8 heteroatoms. The number of amides is 2. The molecule has 2 amide bonds. The van der Waals surface area contributed by atoms with E-state index in [0.717, 1.165) is 23.5 Å². The molecule has 0 radical (unpaired) electrons. The van der Waals surface area contributed by atoms with Gasteiger partial charge >= 0.3 is 0 Å². The van der Waals surface area contributed by atoms with Crippen LogP contribution in [-0.2, 0) is 21.9 Å². The number of rotatable bonds is 7. The fraction of sp³-hybridized carbons (Fsp3) is 0.429. The maximum atomic E-state index is 12.4. The molecule has 29 heavy (non-hydrogen) atoms. The van der Waals surface area contributed by atoms with Crippen LogP contribution < -0.4 is 5.32 Å². The van der Waals surface area contributed by atoms with Gasteiger partial charge in [0, 0.05) is 37.5 Å². The fourth-order valence-corrected chi connectivity index (χ4v) is 4.15. The van der Waals surface area contributed by atoms with Gasteiger partial charge in [-0.25, -0.2) is 0 Å². The number of hydrogen-bond acceptors (Lipinski definition) is 5. The van der Waals surface area contributed by atoms with Crippen LogP contribution in [0.1, 0.15) is 30.9 Å². The first kappa shape index (κ1) is 20.9. The van der Waals surface area contributed by atoms with Crippen LogP contribution in [0.25, 0.3) is 0 Å². The molecule has 7 nitrogen and oxygen atoms in total. The predicted octanol–water partition coefficient (Wildman–Crippen LogP) is 2.89. The second-order valence-corrected chi connectivity index (χ2v) is 8.02. The number of nitrogens with one attached hydrogen (secondary N) is 1. The standard InChI is InChI=1S/C21H25N5O2S/c1-2-26-13-19(12-23-26)24-21(28)18-7-9-25(10-8-18)20(27)15-29-14-17-5-3-16(11-22)4-6-17/h3-6,12-13,18H,2,7-10,14-15H2,1H3,(H,24,28). The summed E-state index contributed by atoms with van der Waals surface area (Å²) in [5, 5.41) is 15.9. The number of hydrogen-bond donors (Lipinski definition) is 1. The second-order valence-electron chi connectivity index (χ2n) is 7.03. The lowest BCUT2D eigenvalue weighted by Crippen LogP contribution is -2.42. The molecule has 1 fully saturated rings. The van der Waals surface area contributed by atoms with Crippen LogP contribution in [0.5, 0.6) is 0 Å². The molecule has 3 rings (SSSR count). The summed E-state index contributed by atoms with van der Waals surface area (Å²) >= 11 is 1.57. The number of thioether (sulfide) groups is 1. The molecule has 152 valence electrons. The summed E-state index contributed by atoms with van der Waals surface area (Å²) in [4.78, 5) is 26.7. The Balaban J connectivity index is 1.38. The van der Waals surface area contributed by atoms with Crippen molar-refractivity contribution < 1.29 is 9.59 Å². The number of piperidine rings is 1. The van der Waals surface area contributed by atoms with Gasteiger partial charge in [0.05, 0.1) is 29.3 Å². The normalized spacial score (nSPS) is 14.4. The van der Waals surface area contributed by atoms with Gasteiger partial charge in [-0.3, -0.25) is 14.3 Å². The minimum Gasteiger partial charge on any atom is -0.342 e. The number of carbonyl (C=O) groups excluding carboxylic acids is 2. The molecule has 2 aromatic rings. The highest BCUT2D eigenvalue weighted by Gasteiger charge is 2.27. The van der Waals surface area contributed by atoms with E-state index >= 15 is 0 Å². The van der Waals surface area contributed by atoms with Crippen LogP contribution in [-0.4, -0.2) is 45.3 Å². The quantitative estimate of drug-likeness (QED) is 0.756. The first-order chi connectivity index (χ1) is 14.1. The van der Waals surface area contributed by atoms with Crippen molar-refractivity contribution in [3.63, 3.8) is 0 Å². The molecule has 0 atom stereocenters. The SMILES string of the molecule is CCn1cc(NC(=O)C2CCN(C(=O)CSCc3ccc(C#N)cc3)CC2)cn1. The number of likely N-dealkylation sites (tertiary alicyclic amines) is 1. The molecule has 1 N–H and O–H groups in total. The summed E-state index contributed by atoms with van der Waals surface area (Å²) < 4.78 is 1.77. The first-order valence-electron chi connectivity index (χ1n) is 9.77. The van der Waals surface area contributed by atoms with E-state index in [9.17, 15) is 9.59 Å². The molecule has 1 saturated heterocycles. The summed E-state index contributed by atoms with van der Waals surface area (Å²) in [5.74, 6) is 1.21. The zero-order chi connectivity index (χ0) is 20.6. The maximum Gasteiger partial charge on any atom is 0.232 e. The van der Waals surface area contributed by atoms with E-state index in [1.807, 2.05) is 30.2 Å². The summed E-state index contributed by atoms with van der Waals surface area (Å²) in [7, 11) is 0. The highest BCUT2D eigenvalue weighted by Crippen LogP contribution is 2.21. The molecule has 1 aliphatic heterocycles. The lowest BCUT2D eigenvalue weighted by Gasteiger charge is -2.31. The van der Waals surface area contributed by atoms with Crippen molar-refractivity contribution in [2.75, 3.05) is 24.2 Å². The Labute approximate surface area is 175 Å². The number of aryl methyl sites for hydroxylation is 1. The van der Waals surface area contributed by atoms with Gasteiger partial charge in [0.2, 0.25) is 11.8 Å². The van der Waals surface area contributed by atoms with Crippen molar-refractivity contribution in [2.45, 2.75) is 32.1 Å². The third kappa shape index (κ3) is 5.84. The smallest absolute Gasteiger partial charge is 0.232 e. The van der Waals surface area contributed by atoms with Crippen LogP contribution in [0.4, 0.5) is 5.69 Å². The molecule has 2 heterocycles. The first-order valence-corrected chi connectivity index (χ1v) is 10.9. The Morgan fingerprint density at radius 2 is 2.00 bits per heavy atom.